The third kappa shape index (κ3) is 17.3. The maximum atomic E-state index is 8.40. The van der Waals surface area contributed by atoms with Gasteiger partial charge in [0.05, 0.1) is 18.8 Å². The number of carbonyl (C=O) groups excluding carboxylic acids is 1. The van der Waals surface area contributed by atoms with Crippen molar-refractivity contribution in [2.45, 2.75) is 13.8 Å². The zero-order valence-corrected chi connectivity index (χ0v) is 43.8. The monoisotopic (exact) mass is 1230 g/mol. The minimum Gasteiger partial charge on any atom is -0.512 e. The maximum absolute atomic E-state index is 8.40. The van der Waals surface area contributed by atoms with Crippen LogP contribution in [0.3, 0.4) is 0 Å². The number of hydrogen-bond donors (Lipinski definition) is 1. The molecule has 0 atom stereocenters. The Morgan fingerprint density at radius 3 is 1.14 bits per heavy atom. The second kappa shape index (κ2) is 30.5. The Bertz CT molecular complexity index is 2700. The van der Waals surface area contributed by atoms with E-state index in [2.05, 4.69) is 107 Å². The number of aromatic nitrogens is 2. The van der Waals surface area contributed by atoms with Crippen molar-refractivity contribution < 1.29 is 50.1 Å². The molecule has 8 rings (SSSR count). The fraction of sp³-hybridized carbons (Fsp3) is 0.0465. The molecule has 0 bridgehead atoms. The predicted molar refractivity (Wildman–Crippen MR) is 317 cm³/mol. The van der Waals surface area contributed by atoms with Gasteiger partial charge in [-0.05, 0) is 61.4 Å². The van der Waals surface area contributed by atoms with Gasteiger partial charge in [-0.3, -0.25) is 4.79 Å². The zero-order valence-electron chi connectivity index (χ0n) is 39.0. The van der Waals surface area contributed by atoms with Crippen molar-refractivity contribution in [2.24, 2.45) is 0 Å². The first-order chi connectivity index (χ1) is 32.0. The second-order valence-electron chi connectivity index (χ2n) is 16.3. The minimum atomic E-state index is -0.889. The van der Waals surface area contributed by atoms with Gasteiger partial charge in [-0.25, -0.2) is 0 Å². The van der Waals surface area contributed by atoms with Crippen LogP contribution in [0.5, 0.6) is 0 Å². The quantitative estimate of drug-likeness (QED) is 0.0542. The van der Waals surface area contributed by atoms with Crippen LogP contribution in [0.15, 0.2) is 158 Å². The molecule has 8 aromatic rings. The molecule has 0 amide bonds. The van der Waals surface area contributed by atoms with E-state index < -0.39 is 57.5 Å². The number of pyridine rings is 2. The van der Waals surface area contributed by atoms with E-state index in [-0.39, 0.29) is 60.2 Å². The molecule has 0 saturated carbocycles. The number of fused-ring (bicyclic) bond motifs is 6. The Morgan fingerprint density at radius 1 is 0.486 bits per heavy atom. The largest absolute Gasteiger partial charge is 0.512 e. The first kappa shape index (κ1) is 62.6. The van der Waals surface area contributed by atoms with Crippen molar-refractivity contribution >= 4 is 200 Å². The van der Waals surface area contributed by atoms with Crippen LogP contribution in [0.25, 0.3) is 65.6 Å². The van der Waals surface area contributed by atoms with Crippen molar-refractivity contribution in [2.75, 3.05) is 0 Å². The van der Waals surface area contributed by atoms with E-state index >= 15 is 0 Å². The Morgan fingerprint density at radius 2 is 0.843 bits per heavy atom. The van der Waals surface area contributed by atoms with E-state index in [4.69, 9.17) is 95.0 Å². The third-order valence-electron chi connectivity index (χ3n) is 11.2. The topological polar surface area (TPSA) is 67.4 Å². The van der Waals surface area contributed by atoms with Gasteiger partial charge in [0.15, 0.2) is 0 Å². The molecule has 0 aliphatic heterocycles. The number of rotatable bonds is 11. The fourth-order valence-electron chi connectivity index (χ4n) is 8.07. The summed E-state index contributed by atoms with van der Waals surface area (Å²) < 4.78 is 0. The standard InChI is InChI=1S/2C19H12N.C5H8O2.B20.B.2Ir/c2*1-2-7-15(8-3-1)19-12-18-16(13-20-19)11-10-14-6-4-5-9-17(14)18;1-4(6)3-5(2)7;1-12(2)17(11)20(18(13(3)4)14(5)6)19(15(7)8)16(9)10;;;/h2*1-7,9-13H;3,6H,1-2H3;;;;/q2*-1;;;;;/p+1. The molecular formula is C43H33B21Ir2N2O2-. The number of ketones is 1. The molecule has 0 aliphatic rings. The summed E-state index contributed by atoms with van der Waals surface area (Å²) in [5.74, 6) is 0.250. The predicted octanol–water partition coefficient (Wildman–Crippen LogP) is 2.72. The molecule has 0 spiro atoms. The average Bonchev–Trinajstić information content (AvgIpc) is 3.31. The summed E-state index contributed by atoms with van der Waals surface area (Å²) in [5.41, 5.74) is 3.99. The molecule has 70 heavy (non-hydrogen) atoms. The average molecular weight is 1220 g/mol. The number of hydrogen-bond acceptors (Lipinski definition) is 3. The van der Waals surface area contributed by atoms with Crippen molar-refractivity contribution in [1.82, 2.24) is 9.97 Å². The second-order valence-corrected chi connectivity index (χ2v) is 16.3. The molecule has 0 unspecified atom stereocenters. The van der Waals surface area contributed by atoms with E-state index in [0.29, 0.717) is 0 Å². The smallest absolute Gasteiger partial charge is 0.316 e. The van der Waals surface area contributed by atoms with Crippen LogP contribution in [0.1, 0.15) is 13.8 Å². The molecule has 0 fully saturated rings. The summed E-state index contributed by atoms with van der Waals surface area (Å²) in [6.45, 7) is 3.00. The molecule has 27 radical (unpaired) electrons. The molecule has 0 aliphatic carbocycles. The first-order valence-electron chi connectivity index (χ1n) is 21.7. The number of benzene rings is 6. The molecule has 309 valence electrons. The van der Waals surface area contributed by atoms with Crippen LogP contribution in [-0.2, 0) is 40.2 Å². The van der Waals surface area contributed by atoms with Gasteiger partial charge >= 0.3 is 5.78 Å². The van der Waals surface area contributed by atoms with Crippen LogP contribution in [-0.4, -0.2) is 177 Å². The normalized spacial score (nSPS) is 10.1. The van der Waals surface area contributed by atoms with Gasteiger partial charge in [0.2, 0.25) is 0 Å². The van der Waals surface area contributed by atoms with E-state index in [1.54, 1.807) is 0 Å². The van der Waals surface area contributed by atoms with E-state index in [1.807, 2.05) is 60.9 Å². The number of allylic oxidation sites excluding steroid dienone is 2. The third-order valence-corrected chi connectivity index (χ3v) is 11.2. The minimum absolute atomic E-state index is 0. The zero-order chi connectivity index (χ0) is 48.8. The van der Waals surface area contributed by atoms with Crippen LogP contribution in [0.2, 0.25) is 0 Å². The van der Waals surface area contributed by atoms with Gasteiger partial charge in [-0.2, -0.15) is 0 Å². The Kier molecular flexibility index (Phi) is 27.3. The van der Waals surface area contributed by atoms with Crippen molar-refractivity contribution in [3.05, 3.63) is 170 Å². The molecule has 0 saturated heterocycles. The summed E-state index contributed by atoms with van der Waals surface area (Å²) in [6, 6.07) is 52.1. The van der Waals surface area contributed by atoms with Crippen LogP contribution >= 0.6 is 0 Å². The number of nitrogens with zero attached hydrogens (tertiary/aromatic N) is 2. The summed E-state index contributed by atoms with van der Waals surface area (Å²) in [6.07, 6.45) is -1.99. The van der Waals surface area contributed by atoms with Gasteiger partial charge < -0.3 is 15.1 Å². The number of aliphatic hydroxyl groups excluding tert-OH is 1. The van der Waals surface area contributed by atoms with E-state index in [1.165, 1.54) is 63.0 Å². The molecule has 6 aromatic carbocycles. The Hall–Kier alpha value is -3.47. The van der Waals surface area contributed by atoms with Crippen molar-refractivity contribution in [1.29, 1.82) is 0 Å². The van der Waals surface area contributed by atoms with E-state index in [0.717, 1.165) is 22.5 Å². The first-order valence-corrected chi connectivity index (χ1v) is 21.7. The molecule has 4 nitrogen and oxygen atoms in total. The Balaban J connectivity index is 0.000000330. The van der Waals surface area contributed by atoms with E-state index in [9.17, 15) is 0 Å². The van der Waals surface area contributed by atoms with Gasteiger partial charge in [0.1, 0.15) is 0 Å². The van der Waals surface area contributed by atoms with Gasteiger partial charge in [0.25, 0.3) is 0 Å². The molecule has 2 N–H and O–H groups in total. The Labute approximate surface area is 462 Å². The van der Waals surface area contributed by atoms with Crippen molar-refractivity contribution in [3.63, 3.8) is 0 Å². The van der Waals surface area contributed by atoms with Gasteiger partial charge in [-0.1, -0.05) is 84.9 Å². The molecular weight excluding hydrogens is 1190 g/mol. The summed E-state index contributed by atoms with van der Waals surface area (Å²) in [4.78, 5) is 17.5. The number of aliphatic hydroxyl groups is 1. The summed E-state index contributed by atoms with van der Waals surface area (Å²) >= 11 is 0. The SMILES string of the molecule is CC(=[OH+])C=C(C)O.[B].[B]B([B])B([B])B(B(B([B])[B])B([B])[B])B(B([B])[B])B([B])[B].[Ir].[Ir].[c-]1ccccc1-c1cc2c(ccc3ccccc32)cn1.[c-]1ccccc1-c1cc2c(ccc3ccccc32)cn1. The summed E-state index contributed by atoms with van der Waals surface area (Å²) in [7, 11) is 63.2. The molecule has 2 heterocycles. The van der Waals surface area contributed by atoms with Gasteiger partial charge in [0, 0.05) is 204 Å². The summed E-state index contributed by atoms with van der Waals surface area (Å²) in [5, 5.41) is 18.3. The molecule has 2 aromatic heterocycles. The fourth-order valence-corrected chi connectivity index (χ4v) is 8.07. The van der Waals surface area contributed by atoms with Crippen LogP contribution < -0.4 is 0 Å². The van der Waals surface area contributed by atoms with Crippen LogP contribution in [0, 0.1) is 12.1 Å². The maximum Gasteiger partial charge on any atom is 0.316 e. The van der Waals surface area contributed by atoms with Crippen molar-refractivity contribution in [3.8, 4) is 22.5 Å². The van der Waals surface area contributed by atoms with Crippen LogP contribution in [0.4, 0.5) is 0 Å². The van der Waals surface area contributed by atoms with Gasteiger partial charge in [-0.15, -0.1) is 71.8 Å². The molecule has 27 heteroatoms.